The summed E-state index contributed by atoms with van der Waals surface area (Å²) in [5, 5.41) is 0. The zero-order valence-corrected chi connectivity index (χ0v) is 16.3. The Morgan fingerprint density at radius 1 is 0.964 bits per heavy atom. The van der Waals surface area contributed by atoms with Crippen molar-refractivity contribution in [3.05, 3.63) is 60.5 Å². The van der Waals surface area contributed by atoms with Crippen LogP contribution >= 0.6 is 0 Å². The molecule has 3 aromatic rings. The van der Waals surface area contributed by atoms with Gasteiger partial charge in [0, 0.05) is 38.3 Å². The summed E-state index contributed by atoms with van der Waals surface area (Å²) in [5.41, 5.74) is 3.03. The predicted octanol–water partition coefficient (Wildman–Crippen LogP) is 3.68. The molecule has 6 heteroatoms. The van der Waals surface area contributed by atoms with Gasteiger partial charge in [0.15, 0.2) is 0 Å². The Labute approximate surface area is 165 Å². The van der Waals surface area contributed by atoms with Gasteiger partial charge in [-0.15, -0.1) is 0 Å². The fraction of sp³-hybridized carbons (Fsp3) is 0.318. The number of methoxy groups -OCH3 is 2. The van der Waals surface area contributed by atoms with Gasteiger partial charge in [0.1, 0.15) is 17.8 Å². The van der Waals surface area contributed by atoms with E-state index in [0.717, 1.165) is 61.2 Å². The highest BCUT2D eigenvalue weighted by molar-refractivity contribution is 5.58. The first-order valence-corrected chi connectivity index (χ1v) is 9.46. The Bertz CT molecular complexity index is 917. The summed E-state index contributed by atoms with van der Waals surface area (Å²) in [6.45, 7) is 4.65. The van der Waals surface area contributed by atoms with Crippen molar-refractivity contribution in [1.29, 1.82) is 0 Å². The van der Waals surface area contributed by atoms with Gasteiger partial charge >= 0.3 is 0 Å². The van der Waals surface area contributed by atoms with Crippen LogP contribution in [-0.4, -0.2) is 50.3 Å². The Morgan fingerprint density at radius 3 is 2.57 bits per heavy atom. The minimum Gasteiger partial charge on any atom is -0.497 e. The standard InChI is InChI=1S/C22H25N3O3/c1-26-19-7-5-6-17(14-19)22-23-18(16-28-22)15-24-10-12-25(13-11-24)20-8-3-4-9-21(20)27-2/h3-9,14,16H,10-13,15H2,1-2H3. The summed E-state index contributed by atoms with van der Waals surface area (Å²) < 4.78 is 16.5. The third-order valence-electron chi connectivity index (χ3n) is 5.05. The van der Waals surface area contributed by atoms with Gasteiger partial charge < -0.3 is 18.8 Å². The Morgan fingerprint density at radius 2 is 1.79 bits per heavy atom. The van der Waals surface area contributed by atoms with Gasteiger partial charge in [-0.3, -0.25) is 4.90 Å². The maximum Gasteiger partial charge on any atom is 0.226 e. The number of aromatic nitrogens is 1. The largest absolute Gasteiger partial charge is 0.497 e. The zero-order valence-electron chi connectivity index (χ0n) is 16.3. The van der Waals surface area contributed by atoms with E-state index in [-0.39, 0.29) is 0 Å². The lowest BCUT2D eigenvalue weighted by Gasteiger charge is -2.36. The molecule has 1 fully saturated rings. The van der Waals surface area contributed by atoms with Crippen molar-refractivity contribution in [3.8, 4) is 23.0 Å². The number of anilines is 1. The third kappa shape index (κ3) is 3.97. The van der Waals surface area contributed by atoms with Gasteiger partial charge in [-0.2, -0.15) is 0 Å². The van der Waals surface area contributed by atoms with Crippen molar-refractivity contribution >= 4 is 5.69 Å². The fourth-order valence-corrected chi connectivity index (χ4v) is 3.54. The molecule has 2 aromatic carbocycles. The second-order valence-electron chi connectivity index (χ2n) is 6.81. The van der Waals surface area contributed by atoms with Crippen molar-refractivity contribution in [2.24, 2.45) is 0 Å². The number of rotatable bonds is 6. The Hall–Kier alpha value is -2.99. The molecule has 0 spiro atoms. The van der Waals surface area contributed by atoms with Crippen LogP contribution in [0.25, 0.3) is 11.5 Å². The summed E-state index contributed by atoms with van der Waals surface area (Å²) in [6, 6.07) is 15.9. The van der Waals surface area contributed by atoms with Crippen molar-refractivity contribution in [2.45, 2.75) is 6.54 Å². The minimum atomic E-state index is 0.626. The van der Waals surface area contributed by atoms with Crippen LogP contribution in [0, 0.1) is 0 Å². The molecule has 0 atom stereocenters. The average molecular weight is 379 g/mol. The minimum absolute atomic E-state index is 0.626. The highest BCUT2D eigenvalue weighted by Crippen LogP contribution is 2.29. The third-order valence-corrected chi connectivity index (χ3v) is 5.05. The van der Waals surface area contributed by atoms with Crippen molar-refractivity contribution in [1.82, 2.24) is 9.88 Å². The monoisotopic (exact) mass is 379 g/mol. The number of oxazole rings is 1. The lowest BCUT2D eigenvalue weighted by molar-refractivity contribution is 0.246. The molecule has 0 unspecified atom stereocenters. The molecule has 1 aliphatic heterocycles. The number of para-hydroxylation sites is 2. The zero-order chi connectivity index (χ0) is 19.3. The van der Waals surface area contributed by atoms with E-state index in [1.165, 1.54) is 0 Å². The van der Waals surface area contributed by atoms with E-state index in [9.17, 15) is 0 Å². The summed E-state index contributed by atoms with van der Waals surface area (Å²) in [6.07, 6.45) is 1.75. The maximum atomic E-state index is 5.69. The second kappa shape index (κ2) is 8.35. The van der Waals surface area contributed by atoms with Crippen molar-refractivity contribution in [3.63, 3.8) is 0 Å². The molecule has 2 heterocycles. The van der Waals surface area contributed by atoms with E-state index < -0.39 is 0 Å². The van der Waals surface area contributed by atoms with Crippen LogP contribution in [0.5, 0.6) is 11.5 Å². The number of ether oxygens (including phenoxy) is 2. The highest BCUT2D eigenvalue weighted by Gasteiger charge is 2.20. The van der Waals surface area contributed by atoms with Gasteiger partial charge in [0.25, 0.3) is 0 Å². The molecule has 0 radical (unpaired) electrons. The van der Waals surface area contributed by atoms with Gasteiger partial charge in [-0.05, 0) is 30.3 Å². The Kier molecular flexibility index (Phi) is 5.48. The molecule has 1 aromatic heterocycles. The molecule has 4 rings (SSSR count). The topological polar surface area (TPSA) is 51.0 Å². The van der Waals surface area contributed by atoms with Gasteiger partial charge in [0.2, 0.25) is 5.89 Å². The molecule has 146 valence electrons. The van der Waals surface area contributed by atoms with Crippen LogP contribution in [0.1, 0.15) is 5.69 Å². The maximum absolute atomic E-state index is 5.69. The van der Waals surface area contributed by atoms with Crippen LogP contribution in [0.3, 0.4) is 0 Å². The van der Waals surface area contributed by atoms with Crippen LogP contribution in [-0.2, 0) is 6.54 Å². The van der Waals surface area contributed by atoms with Crippen LogP contribution in [0.4, 0.5) is 5.69 Å². The van der Waals surface area contributed by atoms with E-state index in [0.29, 0.717) is 5.89 Å². The quantitative estimate of drug-likeness (QED) is 0.651. The molecule has 0 amide bonds. The van der Waals surface area contributed by atoms with Crippen molar-refractivity contribution < 1.29 is 13.9 Å². The van der Waals surface area contributed by atoms with Gasteiger partial charge in [-0.25, -0.2) is 4.98 Å². The van der Waals surface area contributed by atoms with E-state index in [2.05, 4.69) is 26.9 Å². The summed E-state index contributed by atoms with van der Waals surface area (Å²) >= 11 is 0. The SMILES string of the molecule is COc1cccc(-c2nc(CN3CCN(c4ccccc4OC)CC3)co2)c1. The van der Waals surface area contributed by atoms with E-state index in [1.54, 1.807) is 20.5 Å². The van der Waals surface area contributed by atoms with Crippen LogP contribution < -0.4 is 14.4 Å². The number of benzene rings is 2. The predicted molar refractivity (Wildman–Crippen MR) is 109 cm³/mol. The van der Waals surface area contributed by atoms with Crippen LogP contribution in [0.15, 0.2) is 59.2 Å². The first kappa shape index (κ1) is 18.4. The lowest BCUT2D eigenvalue weighted by atomic mass is 10.2. The molecule has 0 bridgehead atoms. The van der Waals surface area contributed by atoms with E-state index in [4.69, 9.17) is 13.9 Å². The fourth-order valence-electron chi connectivity index (χ4n) is 3.54. The molecule has 0 aliphatic carbocycles. The van der Waals surface area contributed by atoms with Gasteiger partial charge in [-0.1, -0.05) is 18.2 Å². The molecule has 0 N–H and O–H groups in total. The molecular weight excluding hydrogens is 354 g/mol. The molecule has 6 nitrogen and oxygen atoms in total. The molecular formula is C22H25N3O3. The number of piperazine rings is 1. The number of nitrogens with zero attached hydrogens (tertiary/aromatic N) is 3. The van der Waals surface area contributed by atoms with Gasteiger partial charge in [0.05, 0.1) is 25.6 Å². The smallest absolute Gasteiger partial charge is 0.226 e. The highest BCUT2D eigenvalue weighted by atomic mass is 16.5. The summed E-state index contributed by atoms with van der Waals surface area (Å²) in [4.78, 5) is 9.43. The van der Waals surface area contributed by atoms with Crippen molar-refractivity contribution in [2.75, 3.05) is 45.3 Å². The number of hydrogen-bond acceptors (Lipinski definition) is 6. The van der Waals surface area contributed by atoms with E-state index in [1.807, 2.05) is 36.4 Å². The molecule has 0 saturated carbocycles. The second-order valence-corrected chi connectivity index (χ2v) is 6.81. The lowest BCUT2D eigenvalue weighted by Crippen LogP contribution is -2.46. The Balaban J connectivity index is 1.37. The summed E-state index contributed by atoms with van der Waals surface area (Å²) in [7, 11) is 3.38. The average Bonchev–Trinajstić information content (AvgIpc) is 3.23. The molecule has 1 saturated heterocycles. The summed E-state index contributed by atoms with van der Waals surface area (Å²) in [5.74, 6) is 2.35. The first-order chi connectivity index (χ1) is 13.8. The normalized spacial score (nSPS) is 14.9. The number of hydrogen-bond donors (Lipinski definition) is 0. The molecule has 1 aliphatic rings. The first-order valence-electron chi connectivity index (χ1n) is 9.46. The molecule has 28 heavy (non-hydrogen) atoms. The van der Waals surface area contributed by atoms with E-state index >= 15 is 0 Å². The van der Waals surface area contributed by atoms with Crippen LogP contribution in [0.2, 0.25) is 0 Å².